The second-order valence-electron chi connectivity index (χ2n) is 7.23. The van der Waals surface area contributed by atoms with Gasteiger partial charge in [-0.05, 0) is 57.4 Å². The summed E-state index contributed by atoms with van der Waals surface area (Å²) in [5.41, 5.74) is 0.902. The van der Waals surface area contributed by atoms with Gasteiger partial charge in [-0.3, -0.25) is 9.59 Å². The van der Waals surface area contributed by atoms with E-state index in [1.54, 1.807) is 0 Å². The fourth-order valence-electron chi connectivity index (χ4n) is 3.33. The first-order valence-corrected chi connectivity index (χ1v) is 8.46. The predicted molar refractivity (Wildman–Crippen MR) is 90.2 cm³/mol. The van der Waals surface area contributed by atoms with Crippen LogP contribution < -0.4 is 5.32 Å². The summed E-state index contributed by atoms with van der Waals surface area (Å²) in [6, 6.07) is 10.5. The highest BCUT2D eigenvalue weighted by molar-refractivity contribution is 5.79. The van der Waals surface area contributed by atoms with Gasteiger partial charge in [0.2, 0.25) is 5.91 Å². The monoisotopic (exact) mass is 317 g/mol. The lowest BCUT2D eigenvalue weighted by molar-refractivity contribution is -0.138. The fraction of sp³-hybridized carbons (Fsp3) is 0.579. The summed E-state index contributed by atoms with van der Waals surface area (Å²) < 4.78 is 0. The molecular weight excluding hydrogens is 290 g/mol. The highest BCUT2D eigenvalue weighted by atomic mass is 16.4. The Morgan fingerprint density at radius 1 is 1.13 bits per heavy atom. The van der Waals surface area contributed by atoms with E-state index in [2.05, 4.69) is 29.6 Å². The zero-order valence-corrected chi connectivity index (χ0v) is 14.0. The number of hydrogen-bond donors (Lipinski definition) is 2. The van der Waals surface area contributed by atoms with Gasteiger partial charge in [0, 0.05) is 17.9 Å². The van der Waals surface area contributed by atoms with E-state index in [0.29, 0.717) is 12.3 Å². The van der Waals surface area contributed by atoms with Gasteiger partial charge in [-0.2, -0.15) is 0 Å². The molecule has 0 heterocycles. The summed E-state index contributed by atoms with van der Waals surface area (Å²) >= 11 is 0. The Morgan fingerprint density at radius 2 is 1.74 bits per heavy atom. The summed E-state index contributed by atoms with van der Waals surface area (Å²) in [6.45, 7) is 3.78. The van der Waals surface area contributed by atoms with Gasteiger partial charge < -0.3 is 10.4 Å². The fourth-order valence-corrected chi connectivity index (χ4v) is 3.33. The first-order valence-electron chi connectivity index (χ1n) is 8.46. The third kappa shape index (κ3) is 5.38. The lowest BCUT2D eigenvalue weighted by atomic mass is 9.78. The van der Waals surface area contributed by atoms with Crippen LogP contribution in [0.5, 0.6) is 0 Å². The van der Waals surface area contributed by atoms with Crippen LogP contribution in [0, 0.1) is 5.92 Å². The maximum absolute atomic E-state index is 12.4. The molecule has 4 heteroatoms. The largest absolute Gasteiger partial charge is 0.481 e. The third-order valence-electron chi connectivity index (χ3n) is 4.79. The van der Waals surface area contributed by atoms with Gasteiger partial charge >= 0.3 is 5.97 Å². The average molecular weight is 317 g/mol. The minimum Gasteiger partial charge on any atom is -0.481 e. The van der Waals surface area contributed by atoms with Gasteiger partial charge in [-0.1, -0.05) is 30.3 Å². The molecule has 1 saturated carbocycles. The molecule has 2 rings (SSSR count). The Bertz CT molecular complexity index is 531. The number of nitrogens with one attached hydrogen (secondary N) is 1. The van der Waals surface area contributed by atoms with Gasteiger partial charge in [0.1, 0.15) is 0 Å². The molecular formula is C19H27NO3. The van der Waals surface area contributed by atoms with Crippen molar-refractivity contribution in [1.29, 1.82) is 0 Å². The quantitative estimate of drug-likeness (QED) is 0.840. The molecule has 0 radical (unpaired) electrons. The van der Waals surface area contributed by atoms with Gasteiger partial charge in [-0.25, -0.2) is 0 Å². The summed E-state index contributed by atoms with van der Waals surface area (Å²) in [7, 11) is 0. The zero-order chi connectivity index (χ0) is 16.9. The molecule has 0 atom stereocenters. The predicted octanol–water partition coefficient (Wildman–Crippen LogP) is 3.72. The Labute approximate surface area is 138 Å². The second kappa shape index (κ2) is 7.62. The van der Waals surface area contributed by atoms with Crippen molar-refractivity contribution in [2.75, 3.05) is 0 Å². The van der Waals surface area contributed by atoms with Crippen molar-refractivity contribution < 1.29 is 14.7 Å². The molecule has 23 heavy (non-hydrogen) atoms. The molecule has 4 nitrogen and oxygen atoms in total. The van der Waals surface area contributed by atoms with E-state index in [4.69, 9.17) is 5.11 Å². The molecule has 1 aliphatic rings. The van der Waals surface area contributed by atoms with Gasteiger partial charge in [-0.15, -0.1) is 0 Å². The molecule has 0 aromatic heterocycles. The molecule has 1 amide bonds. The topological polar surface area (TPSA) is 66.4 Å². The number of aliphatic carboxylic acids is 1. The summed E-state index contributed by atoms with van der Waals surface area (Å²) in [5, 5.41) is 11.8. The maximum atomic E-state index is 12.4. The van der Waals surface area contributed by atoms with Gasteiger partial charge in [0.25, 0.3) is 0 Å². The van der Waals surface area contributed by atoms with Crippen LogP contribution in [-0.4, -0.2) is 22.5 Å². The van der Waals surface area contributed by atoms with E-state index >= 15 is 0 Å². The number of carboxylic acid groups (broad SMARTS) is 1. The molecule has 0 bridgehead atoms. The Hall–Kier alpha value is -1.84. The number of hydrogen-bond acceptors (Lipinski definition) is 2. The third-order valence-corrected chi connectivity index (χ3v) is 4.79. The molecule has 2 N–H and O–H groups in total. The maximum Gasteiger partial charge on any atom is 0.303 e. The van der Waals surface area contributed by atoms with Crippen LogP contribution in [0.1, 0.15) is 63.9 Å². The van der Waals surface area contributed by atoms with Crippen LogP contribution in [0.4, 0.5) is 0 Å². The molecule has 0 aliphatic heterocycles. The van der Waals surface area contributed by atoms with Crippen LogP contribution in [0.2, 0.25) is 0 Å². The van der Waals surface area contributed by atoms with Gasteiger partial charge in [0.05, 0.1) is 0 Å². The van der Waals surface area contributed by atoms with Crippen molar-refractivity contribution in [3.63, 3.8) is 0 Å². The highest BCUT2D eigenvalue weighted by Crippen LogP contribution is 2.36. The van der Waals surface area contributed by atoms with Crippen molar-refractivity contribution in [3.8, 4) is 0 Å². The van der Waals surface area contributed by atoms with E-state index in [1.807, 2.05) is 19.9 Å². The number of carbonyl (C=O) groups is 2. The number of carbonyl (C=O) groups excluding carboxylic acids is 1. The van der Waals surface area contributed by atoms with Crippen molar-refractivity contribution in [1.82, 2.24) is 5.32 Å². The van der Waals surface area contributed by atoms with Crippen LogP contribution in [0.15, 0.2) is 30.3 Å². The zero-order valence-electron chi connectivity index (χ0n) is 14.0. The molecule has 0 unspecified atom stereocenters. The number of carboxylic acids is 1. The lowest BCUT2D eigenvalue weighted by Gasteiger charge is -2.32. The minimum atomic E-state index is -0.823. The molecule has 0 spiro atoms. The van der Waals surface area contributed by atoms with E-state index in [-0.39, 0.29) is 18.2 Å². The van der Waals surface area contributed by atoms with Crippen LogP contribution in [0.25, 0.3) is 0 Å². The minimum absolute atomic E-state index is 0.0547. The van der Waals surface area contributed by atoms with Crippen molar-refractivity contribution >= 4 is 11.9 Å². The van der Waals surface area contributed by atoms with Gasteiger partial charge in [0.15, 0.2) is 0 Å². The molecule has 1 fully saturated rings. The summed E-state index contributed by atoms with van der Waals surface area (Å²) in [4.78, 5) is 23.1. The van der Waals surface area contributed by atoms with E-state index < -0.39 is 11.5 Å². The van der Waals surface area contributed by atoms with E-state index in [9.17, 15) is 9.59 Å². The van der Waals surface area contributed by atoms with Crippen molar-refractivity contribution in [3.05, 3.63) is 35.9 Å². The van der Waals surface area contributed by atoms with Crippen LogP contribution in [0.3, 0.4) is 0 Å². The molecule has 1 aromatic carbocycles. The summed E-state index contributed by atoms with van der Waals surface area (Å²) in [6.07, 6.45) is 4.41. The Balaban J connectivity index is 1.82. The highest BCUT2D eigenvalue weighted by Gasteiger charge is 2.30. The standard InChI is InChI=1S/C19H27NO3/c1-19(2,13-12-17(21)22)20-18(23)16-10-8-15(9-11-16)14-6-4-3-5-7-14/h3-7,15-16H,8-13H2,1-2H3,(H,20,23)(H,21,22). The van der Waals surface area contributed by atoms with E-state index in [1.165, 1.54) is 5.56 Å². The first kappa shape index (κ1) is 17.5. The second-order valence-corrected chi connectivity index (χ2v) is 7.23. The summed E-state index contributed by atoms with van der Waals surface area (Å²) in [5.74, 6) is -0.137. The Kier molecular flexibility index (Phi) is 5.80. The smallest absolute Gasteiger partial charge is 0.303 e. The van der Waals surface area contributed by atoms with E-state index in [0.717, 1.165) is 25.7 Å². The number of amides is 1. The van der Waals surface area contributed by atoms with Crippen LogP contribution in [-0.2, 0) is 9.59 Å². The molecule has 1 aromatic rings. The SMILES string of the molecule is CC(C)(CCC(=O)O)NC(=O)C1CCC(c2ccccc2)CC1. The molecule has 0 saturated heterocycles. The molecule has 1 aliphatic carbocycles. The Morgan fingerprint density at radius 3 is 2.30 bits per heavy atom. The lowest BCUT2D eigenvalue weighted by Crippen LogP contribution is -2.46. The van der Waals surface area contributed by atoms with Crippen LogP contribution >= 0.6 is 0 Å². The van der Waals surface area contributed by atoms with Crippen molar-refractivity contribution in [2.45, 2.75) is 63.8 Å². The average Bonchev–Trinajstić information content (AvgIpc) is 2.54. The number of benzene rings is 1. The molecule has 126 valence electrons. The van der Waals surface area contributed by atoms with Crippen molar-refractivity contribution in [2.24, 2.45) is 5.92 Å². The first-order chi connectivity index (χ1) is 10.9. The normalized spacial score (nSPS) is 21.7. The number of rotatable bonds is 6.